The van der Waals surface area contributed by atoms with Crippen molar-refractivity contribution in [1.82, 2.24) is 53.5 Å². The van der Waals surface area contributed by atoms with Crippen molar-refractivity contribution >= 4 is 118 Å². The van der Waals surface area contributed by atoms with Crippen molar-refractivity contribution in [2.45, 2.75) is 172 Å². The minimum absolute atomic E-state index is 0.0310. The van der Waals surface area contributed by atoms with Crippen molar-refractivity contribution in [3.05, 3.63) is 263 Å². The maximum absolute atomic E-state index is 14.8. The highest BCUT2D eigenvalue weighted by atomic mass is 127. The summed E-state index contributed by atoms with van der Waals surface area (Å²) < 4.78 is 166. The van der Waals surface area contributed by atoms with E-state index < -0.39 is 79.4 Å². The number of nitrogens with one attached hydrogen (secondary N) is 3. The molecule has 18 rings (SSSR count). The van der Waals surface area contributed by atoms with Crippen LogP contribution in [0.4, 0.5) is 53.0 Å². The number of fused-ring (bicyclic) bond motifs is 3. The Balaban J connectivity index is 0.000000140. The minimum atomic E-state index is -4.07. The van der Waals surface area contributed by atoms with Crippen molar-refractivity contribution < 1.29 is 71.5 Å². The van der Waals surface area contributed by atoms with Gasteiger partial charge in [0.2, 0.25) is 0 Å². The predicted octanol–water partition coefficient (Wildman–Crippen LogP) is 19.6. The molecule has 13 heterocycles. The van der Waals surface area contributed by atoms with Gasteiger partial charge in [-0.05, 0) is 259 Å². The quantitative estimate of drug-likeness (QED) is 0.0421. The summed E-state index contributed by atoms with van der Waals surface area (Å²) in [5.74, 6) is -4.28. The first-order valence-corrected chi connectivity index (χ1v) is 47.9. The summed E-state index contributed by atoms with van der Waals surface area (Å²) >= 11 is 1.96. The number of carbonyl (C=O) groups is 2. The Bertz CT molecular complexity index is 6860. The van der Waals surface area contributed by atoms with Gasteiger partial charge in [-0.2, -0.15) is 0 Å². The number of carbonyl (C=O) groups excluding carboxylic acids is 2. The summed E-state index contributed by atoms with van der Waals surface area (Å²) in [5, 5.41) is 5.92. The largest absolute Gasteiger partial charge is 0.496 e. The van der Waals surface area contributed by atoms with Crippen molar-refractivity contribution in [3.8, 4) is 56.0 Å². The van der Waals surface area contributed by atoms with Gasteiger partial charge in [-0.3, -0.25) is 15.0 Å². The van der Waals surface area contributed by atoms with Crippen LogP contribution in [0.5, 0.6) is 0 Å². The maximum atomic E-state index is 14.8. The third kappa shape index (κ3) is 21.7. The zero-order valence-corrected chi connectivity index (χ0v) is 79.8. The Morgan fingerprint density at radius 3 is 1.27 bits per heavy atom. The van der Waals surface area contributed by atoms with Gasteiger partial charge in [-0.15, -0.1) is 0 Å². The summed E-state index contributed by atoms with van der Waals surface area (Å²) in [6.07, 6.45) is 19.6. The topological polar surface area (TPSA) is 302 Å². The second kappa shape index (κ2) is 39.3. The molecule has 14 aromatic rings. The van der Waals surface area contributed by atoms with Crippen LogP contribution in [0.25, 0.3) is 89.1 Å². The lowest BCUT2D eigenvalue weighted by atomic mass is 9.80. The van der Waals surface area contributed by atoms with Gasteiger partial charge in [-0.1, -0.05) is 53.6 Å². The number of anilines is 3. The zero-order valence-electron chi connectivity index (χ0n) is 76.0. The first-order chi connectivity index (χ1) is 63.5. The highest BCUT2D eigenvalue weighted by Gasteiger charge is 2.52. The average Bonchev–Trinajstić information content (AvgIpc) is 1.59. The van der Waals surface area contributed by atoms with E-state index in [0.717, 1.165) is 134 Å². The molecular weight excluding hydrogens is 1880 g/mol. The van der Waals surface area contributed by atoms with E-state index in [1.807, 2.05) is 137 Å². The van der Waals surface area contributed by atoms with Crippen LogP contribution in [0.15, 0.2) is 223 Å². The molecule has 5 N–H and O–H groups in total. The van der Waals surface area contributed by atoms with Crippen LogP contribution in [-0.2, 0) is 38.8 Å². The van der Waals surface area contributed by atoms with Gasteiger partial charge in [0, 0.05) is 122 Å². The Labute approximate surface area is 788 Å². The van der Waals surface area contributed by atoms with Crippen molar-refractivity contribution in [1.29, 1.82) is 0 Å². The summed E-state index contributed by atoms with van der Waals surface area (Å²) in [4.78, 5) is 61.2. The molecule has 0 radical (unpaired) electrons. The number of nitrogens with zero attached hydrogens (tertiary/aromatic N) is 11. The second-order valence-electron chi connectivity index (χ2n) is 36.5. The van der Waals surface area contributed by atoms with Gasteiger partial charge in [-0.25, -0.2) is 75.7 Å². The molecule has 4 fully saturated rings. The van der Waals surface area contributed by atoms with Crippen LogP contribution < -0.4 is 36.5 Å². The first kappa shape index (κ1) is 96.3. The third-order valence-electron chi connectivity index (χ3n) is 23.9. The van der Waals surface area contributed by atoms with Crippen LogP contribution in [0.2, 0.25) is 0 Å². The number of halogens is 7. The molecule has 4 aliphatic heterocycles. The van der Waals surface area contributed by atoms with Crippen LogP contribution in [0.1, 0.15) is 119 Å². The number of hydrogen-bond acceptors (Lipinski definition) is 20. The molecule has 25 nitrogen and oxygen atoms in total. The second-order valence-corrected chi connectivity index (χ2v) is 41.3. The molecule has 4 saturated heterocycles. The third-order valence-corrected chi connectivity index (χ3v) is 28.1. The fourth-order valence-electron chi connectivity index (χ4n) is 16.1. The maximum Gasteiger partial charge on any atom is 0.496 e. The SMILES string of the molecule is CC(C)(C)OC(=O)NC1CCN(c2cncc(B3OC(C)(C)C(C)(C)O3)c2)CC1.Cc1ccc(S(=O)(=O)n2cc(-c3cncc(N4CCC(NC(=O)OC(C)(C)C)CC4)c3)c3nc(-c4c(F)cccc4F)ccc32)cc1.Cc1ccc(S(=O)(=O)n2cc(I)c3nc(-c4c(F)cccc4F)ccc32)cc1.NC1CCN(c2cncc(-c3c[nH]c4ccc(-c5c(F)cccc5F)nc34)c2)CC1. The van der Waals surface area contributed by atoms with Crippen molar-refractivity contribution in [3.63, 3.8) is 0 Å². The standard InChI is InChI=1S/C35H35F2N5O4S.C23H21F2N5.C21H34BN3O4.C20H13F2IN2O2S/c1-22-8-10-26(11-9-22)47(44,45)42-21-27(33-31(42)13-12-30(40-33)32-28(36)6-5-7-29(32)37)23-18-25(20-38-19-23)41-16-14-24(15-17-41)39-34(43)46-35(2,3)4;24-18-2-1-3-19(25)22(18)20-4-5-21-23(29-20)17(13-28-21)14-10-16(12-27-11-14)30-8-6-15(26)7-9-30;1-19(2,3)27-18(26)24-16-8-10-25(11-9-16)17-12-15(13-23-14-17)22-28-20(4,5)21(6,7)29-22;1-12-5-7-13(8-6-12)28(26,27)25-11-16(23)20-18(25)10-9-17(24-20)19-14(21)3-2-4-15(19)22/h5-13,18-21,24H,14-17H2,1-4H3,(H,39,43);1-5,10-13,15,28H,6-9,26H2;12-14,16H,8-11H2,1-7H3,(H,24,26);2-11H,1H3. The van der Waals surface area contributed by atoms with Gasteiger partial charge >= 0.3 is 19.3 Å². The van der Waals surface area contributed by atoms with Gasteiger partial charge in [0.1, 0.15) is 51.6 Å². The monoisotopic (exact) mass is 1980 g/mol. The van der Waals surface area contributed by atoms with Gasteiger partial charge in [0.25, 0.3) is 20.0 Å². The van der Waals surface area contributed by atoms with E-state index in [2.05, 4.69) is 72.4 Å². The fraction of sp³-hybridized carbons (Fsp3) is 0.313. The van der Waals surface area contributed by atoms with Crippen molar-refractivity contribution in [2.24, 2.45) is 5.73 Å². The molecule has 9 aromatic heterocycles. The molecule has 35 heteroatoms. The summed E-state index contributed by atoms with van der Waals surface area (Å²) in [6.45, 7) is 27.8. The van der Waals surface area contributed by atoms with Gasteiger partial charge in [0.05, 0.1) is 122 Å². The number of amides is 2. The Morgan fingerprint density at radius 2 is 0.843 bits per heavy atom. The normalized spacial score (nSPS) is 15.6. The molecule has 0 bridgehead atoms. The fourth-order valence-corrected chi connectivity index (χ4v) is 19.7. The number of aromatic amines is 1. The van der Waals surface area contributed by atoms with E-state index in [1.165, 1.54) is 79.1 Å². The van der Waals surface area contributed by atoms with Crippen LogP contribution >= 0.6 is 22.6 Å². The van der Waals surface area contributed by atoms with Crippen LogP contribution in [0, 0.1) is 52.3 Å². The van der Waals surface area contributed by atoms with E-state index in [-0.39, 0.29) is 90.0 Å². The van der Waals surface area contributed by atoms with E-state index in [1.54, 1.807) is 67.1 Å². The molecule has 0 atom stereocenters. The van der Waals surface area contributed by atoms with E-state index in [0.29, 0.717) is 57.2 Å². The number of ether oxygens (including phenoxy) is 2. The predicted molar refractivity (Wildman–Crippen MR) is 517 cm³/mol. The highest BCUT2D eigenvalue weighted by molar-refractivity contribution is 14.1. The molecule has 2 amide bonds. The number of nitrogens with two attached hydrogens (primary N) is 1. The molecule has 0 unspecified atom stereocenters. The lowest BCUT2D eigenvalue weighted by molar-refractivity contribution is 0.00578. The Hall–Kier alpha value is -12.3. The minimum Gasteiger partial charge on any atom is -0.444 e. The van der Waals surface area contributed by atoms with Crippen LogP contribution in [-0.4, -0.2) is 159 Å². The number of H-pyrrole nitrogens is 1. The molecule has 0 aliphatic carbocycles. The number of alkyl carbamates (subject to hydrolysis) is 2. The molecule has 0 saturated carbocycles. The Kier molecular flexibility index (Phi) is 28.3. The number of rotatable bonds is 15. The van der Waals surface area contributed by atoms with Crippen LogP contribution in [0.3, 0.4) is 0 Å². The highest BCUT2D eigenvalue weighted by Crippen LogP contribution is 2.41. The number of aromatic nitrogens is 9. The molecule has 0 spiro atoms. The molecular formula is C99H103BF6IN15O10S2. The van der Waals surface area contributed by atoms with E-state index >= 15 is 0 Å². The molecule has 5 aromatic carbocycles. The first-order valence-electron chi connectivity index (χ1n) is 43.9. The van der Waals surface area contributed by atoms with Gasteiger partial charge in [0.15, 0.2) is 0 Å². The number of piperidine rings is 3. The van der Waals surface area contributed by atoms with E-state index in [9.17, 15) is 52.8 Å². The summed E-state index contributed by atoms with van der Waals surface area (Å²) in [5.41, 5.74) is 15.0. The van der Waals surface area contributed by atoms with E-state index in [4.69, 9.17) is 24.5 Å². The Morgan fingerprint density at radius 1 is 0.478 bits per heavy atom. The number of pyridine rings is 6. The smallest absolute Gasteiger partial charge is 0.444 e. The lowest BCUT2D eigenvalue weighted by Crippen LogP contribution is -2.46. The average molecular weight is 1980 g/mol. The molecule has 698 valence electrons. The lowest BCUT2D eigenvalue weighted by Gasteiger charge is -2.34. The van der Waals surface area contributed by atoms with Gasteiger partial charge < -0.3 is 54.8 Å². The molecule has 134 heavy (non-hydrogen) atoms. The summed E-state index contributed by atoms with van der Waals surface area (Å²) in [6, 6.07) is 39.7. The molecule has 4 aliphatic rings. The zero-order chi connectivity index (χ0) is 95.7. The number of benzene rings is 5. The summed E-state index contributed by atoms with van der Waals surface area (Å²) in [7, 11) is -8.32. The number of hydrogen-bond donors (Lipinski definition) is 4. The van der Waals surface area contributed by atoms with Crippen molar-refractivity contribution in [2.75, 3.05) is 54.0 Å². The number of aryl methyl sites for hydroxylation is 2.